The van der Waals surface area contributed by atoms with Gasteiger partial charge in [-0.15, -0.1) is 0 Å². The van der Waals surface area contributed by atoms with Gasteiger partial charge in [-0.1, -0.05) is 74.8 Å². The Hall–Kier alpha value is -3.70. The van der Waals surface area contributed by atoms with Gasteiger partial charge >= 0.3 is 0 Å². The molecule has 3 heterocycles. The molecule has 0 bridgehead atoms. The summed E-state index contributed by atoms with van der Waals surface area (Å²) >= 11 is 6.13. The van der Waals surface area contributed by atoms with E-state index in [-0.39, 0.29) is 17.5 Å². The molecule has 3 aliphatic heterocycles. The number of anilines is 1. The fourth-order valence-corrected chi connectivity index (χ4v) is 6.53. The van der Waals surface area contributed by atoms with E-state index >= 15 is 0 Å². The zero-order valence-corrected chi connectivity index (χ0v) is 21.6. The van der Waals surface area contributed by atoms with Crippen LogP contribution >= 0.6 is 11.6 Å². The first kappa shape index (κ1) is 23.7. The lowest BCUT2D eigenvalue weighted by atomic mass is 9.62. The topological polar surface area (TPSA) is 66.5 Å². The van der Waals surface area contributed by atoms with Crippen LogP contribution in [0.2, 0.25) is 5.02 Å². The number of ketones is 2. The molecule has 0 saturated carbocycles. The SMILES string of the molecule is CC(C)(C)C(=O)[C@@H]1[C@H](C(=O)c2ccc(Cl)cc2)[C@]2(C(=O)Nc3ccccc32)[C@H]2c3ccccc3C=CN12. The highest BCUT2D eigenvalue weighted by Gasteiger charge is 2.71. The molecular formula is C31H27ClN2O3. The molecular weight excluding hydrogens is 484 g/mol. The van der Waals surface area contributed by atoms with Gasteiger partial charge in [-0.05, 0) is 53.1 Å². The van der Waals surface area contributed by atoms with Crippen LogP contribution in [-0.4, -0.2) is 28.4 Å². The van der Waals surface area contributed by atoms with Crippen molar-refractivity contribution in [2.24, 2.45) is 11.3 Å². The van der Waals surface area contributed by atoms with E-state index in [9.17, 15) is 14.4 Å². The molecule has 0 aliphatic carbocycles. The number of Topliss-reactive ketones (excluding diaryl/α,β-unsaturated/α-hetero) is 2. The number of hydrogen-bond acceptors (Lipinski definition) is 4. The minimum atomic E-state index is -1.31. The number of rotatable bonds is 3. The van der Waals surface area contributed by atoms with Crippen LogP contribution in [-0.2, 0) is 15.0 Å². The van der Waals surface area contributed by atoms with Gasteiger partial charge in [-0.2, -0.15) is 0 Å². The first-order valence-electron chi connectivity index (χ1n) is 12.5. The van der Waals surface area contributed by atoms with E-state index < -0.39 is 28.8 Å². The molecule has 37 heavy (non-hydrogen) atoms. The molecule has 3 aliphatic rings. The predicted octanol–water partition coefficient (Wildman–Crippen LogP) is 6.05. The van der Waals surface area contributed by atoms with Crippen molar-refractivity contribution in [2.75, 3.05) is 5.32 Å². The van der Waals surface area contributed by atoms with Crippen LogP contribution in [0.4, 0.5) is 5.69 Å². The number of halogens is 1. The Morgan fingerprint density at radius 3 is 2.35 bits per heavy atom. The van der Waals surface area contributed by atoms with E-state index in [2.05, 4.69) is 5.32 Å². The number of para-hydroxylation sites is 1. The van der Waals surface area contributed by atoms with Crippen molar-refractivity contribution in [3.05, 3.63) is 106 Å². The molecule has 1 spiro atoms. The minimum absolute atomic E-state index is 0.0806. The summed E-state index contributed by atoms with van der Waals surface area (Å²) in [6.45, 7) is 5.59. The van der Waals surface area contributed by atoms with Crippen molar-refractivity contribution < 1.29 is 14.4 Å². The Bertz CT molecular complexity index is 1490. The van der Waals surface area contributed by atoms with Crippen molar-refractivity contribution in [2.45, 2.75) is 38.3 Å². The van der Waals surface area contributed by atoms with Crippen LogP contribution in [0.1, 0.15) is 53.9 Å². The number of amides is 1. The Balaban J connectivity index is 1.69. The van der Waals surface area contributed by atoms with Gasteiger partial charge in [0.1, 0.15) is 5.41 Å². The first-order valence-corrected chi connectivity index (χ1v) is 12.8. The van der Waals surface area contributed by atoms with Crippen molar-refractivity contribution in [1.29, 1.82) is 0 Å². The Morgan fingerprint density at radius 2 is 1.62 bits per heavy atom. The van der Waals surface area contributed by atoms with Crippen LogP contribution < -0.4 is 5.32 Å². The molecule has 1 saturated heterocycles. The monoisotopic (exact) mass is 510 g/mol. The van der Waals surface area contributed by atoms with Crippen molar-refractivity contribution in [1.82, 2.24) is 4.90 Å². The zero-order valence-electron chi connectivity index (χ0n) is 20.9. The maximum atomic E-state index is 14.5. The number of nitrogens with one attached hydrogen (secondary N) is 1. The van der Waals surface area contributed by atoms with Gasteiger partial charge in [0.05, 0.1) is 18.0 Å². The molecule has 0 radical (unpaired) electrons. The van der Waals surface area contributed by atoms with E-state index in [1.807, 2.05) is 86.5 Å². The lowest BCUT2D eigenvalue weighted by Gasteiger charge is -2.38. The first-order chi connectivity index (χ1) is 17.7. The number of carbonyl (C=O) groups excluding carboxylic acids is 3. The molecule has 1 fully saturated rings. The average molecular weight is 511 g/mol. The lowest BCUT2D eigenvalue weighted by molar-refractivity contribution is -0.131. The van der Waals surface area contributed by atoms with E-state index in [1.165, 1.54) is 0 Å². The van der Waals surface area contributed by atoms with Crippen molar-refractivity contribution >= 4 is 40.8 Å². The maximum Gasteiger partial charge on any atom is 0.238 e. The summed E-state index contributed by atoms with van der Waals surface area (Å²) < 4.78 is 0. The Labute approximate surface area is 221 Å². The van der Waals surface area contributed by atoms with E-state index in [0.29, 0.717) is 16.3 Å². The van der Waals surface area contributed by atoms with Crippen LogP contribution in [0, 0.1) is 11.3 Å². The highest BCUT2D eigenvalue weighted by atomic mass is 35.5. The van der Waals surface area contributed by atoms with Crippen LogP contribution in [0.25, 0.3) is 6.08 Å². The standard InChI is InChI=1S/C31H27ClN2O3/c1-30(2,3)28(36)25-24(26(35)19-12-14-20(32)15-13-19)31(22-10-6-7-11-23(22)33-29(31)37)27-21-9-5-4-8-18(21)16-17-34(25)27/h4-17,24-25,27H,1-3H3,(H,33,37)/t24-,25+,27-,31+/m1/s1. The summed E-state index contributed by atoms with van der Waals surface area (Å²) in [5, 5.41) is 3.58. The summed E-state index contributed by atoms with van der Waals surface area (Å²) in [6, 6.07) is 20.8. The molecule has 6 rings (SSSR count). The largest absolute Gasteiger partial charge is 0.358 e. The summed E-state index contributed by atoms with van der Waals surface area (Å²) in [4.78, 5) is 45.0. The summed E-state index contributed by atoms with van der Waals surface area (Å²) in [5.74, 6) is -1.54. The van der Waals surface area contributed by atoms with Gasteiger partial charge in [-0.3, -0.25) is 14.4 Å². The third-order valence-corrected chi connectivity index (χ3v) is 8.24. The number of hydrogen-bond donors (Lipinski definition) is 1. The van der Waals surface area contributed by atoms with Crippen molar-refractivity contribution in [3.63, 3.8) is 0 Å². The fraction of sp³-hybridized carbons (Fsp3) is 0.258. The summed E-state index contributed by atoms with van der Waals surface area (Å²) in [5.41, 5.74) is 1.71. The molecule has 6 heteroatoms. The highest BCUT2D eigenvalue weighted by molar-refractivity contribution is 6.30. The van der Waals surface area contributed by atoms with Crippen LogP contribution in [0.5, 0.6) is 0 Å². The second-order valence-corrected chi connectivity index (χ2v) is 11.5. The number of fused-ring (bicyclic) bond motifs is 6. The maximum absolute atomic E-state index is 14.5. The van der Waals surface area contributed by atoms with Gasteiger partial charge < -0.3 is 10.2 Å². The molecule has 0 unspecified atom stereocenters. The van der Waals surface area contributed by atoms with Gasteiger partial charge in [0.2, 0.25) is 5.91 Å². The van der Waals surface area contributed by atoms with Crippen LogP contribution in [0.3, 0.4) is 0 Å². The van der Waals surface area contributed by atoms with E-state index in [1.54, 1.807) is 24.3 Å². The third-order valence-electron chi connectivity index (χ3n) is 7.99. The normalized spacial score (nSPS) is 25.5. The number of nitrogens with zero attached hydrogens (tertiary/aromatic N) is 1. The van der Waals surface area contributed by atoms with Gasteiger partial charge in [-0.25, -0.2) is 0 Å². The molecule has 5 nitrogen and oxygen atoms in total. The number of benzene rings is 3. The predicted molar refractivity (Wildman–Crippen MR) is 144 cm³/mol. The second-order valence-electron chi connectivity index (χ2n) is 11.1. The van der Waals surface area contributed by atoms with E-state index in [4.69, 9.17) is 11.6 Å². The van der Waals surface area contributed by atoms with E-state index in [0.717, 1.165) is 16.7 Å². The zero-order chi connectivity index (χ0) is 26.1. The molecule has 0 aromatic heterocycles. The van der Waals surface area contributed by atoms with Gasteiger partial charge in [0.15, 0.2) is 11.6 Å². The van der Waals surface area contributed by atoms with Gasteiger partial charge in [0.25, 0.3) is 0 Å². The average Bonchev–Trinajstić information content (AvgIpc) is 3.35. The highest BCUT2D eigenvalue weighted by Crippen LogP contribution is 2.62. The fourth-order valence-electron chi connectivity index (χ4n) is 6.41. The molecule has 1 N–H and O–H groups in total. The molecule has 3 aromatic carbocycles. The summed E-state index contributed by atoms with van der Waals surface area (Å²) in [7, 11) is 0. The second kappa shape index (κ2) is 8.15. The minimum Gasteiger partial charge on any atom is -0.358 e. The molecule has 186 valence electrons. The lowest BCUT2D eigenvalue weighted by Crippen LogP contribution is -2.50. The van der Waals surface area contributed by atoms with Gasteiger partial charge in [0, 0.05) is 27.9 Å². The third kappa shape index (κ3) is 3.27. The Morgan fingerprint density at radius 1 is 0.946 bits per heavy atom. The molecule has 1 amide bonds. The summed E-state index contributed by atoms with van der Waals surface area (Å²) in [6.07, 6.45) is 3.86. The quantitative estimate of drug-likeness (QED) is 0.435. The van der Waals surface area contributed by atoms with Crippen LogP contribution in [0.15, 0.2) is 79.0 Å². The Kier molecular flexibility index (Phi) is 5.22. The van der Waals surface area contributed by atoms with Crippen molar-refractivity contribution in [3.8, 4) is 0 Å². The molecule has 4 atom stereocenters. The number of carbonyl (C=O) groups is 3. The smallest absolute Gasteiger partial charge is 0.238 e. The molecule has 3 aromatic rings.